The Morgan fingerprint density at radius 2 is 1.71 bits per heavy atom. The molecule has 0 fully saturated rings. The van der Waals surface area contributed by atoms with Crippen LogP contribution in [-0.2, 0) is 11.3 Å². The van der Waals surface area contributed by atoms with Crippen molar-refractivity contribution < 1.29 is 4.79 Å². The lowest BCUT2D eigenvalue weighted by Gasteiger charge is -2.09. The number of carbonyl (C=O) groups excluding carboxylic acids is 1. The Kier molecular flexibility index (Phi) is 5.28. The number of hydrogen-bond acceptors (Lipinski definition) is 4. The summed E-state index contributed by atoms with van der Waals surface area (Å²) in [4.78, 5) is 12.1. The number of anilines is 1. The topological polar surface area (TPSA) is 59.8 Å². The van der Waals surface area contributed by atoms with Crippen LogP contribution in [0.4, 0.5) is 5.69 Å². The Bertz CT molecular complexity index is 802. The number of para-hydroxylation sites is 1. The van der Waals surface area contributed by atoms with E-state index in [-0.39, 0.29) is 5.91 Å². The molecular formula is C18H18N4OS. The fraction of sp³-hybridized carbons (Fsp3) is 0.167. The van der Waals surface area contributed by atoms with Gasteiger partial charge in [-0.15, -0.1) is 10.2 Å². The molecule has 0 aliphatic rings. The maximum atomic E-state index is 12.1. The highest BCUT2D eigenvalue weighted by atomic mass is 32.2. The van der Waals surface area contributed by atoms with Gasteiger partial charge in [-0.05, 0) is 24.6 Å². The molecule has 0 aliphatic heterocycles. The Hall–Kier alpha value is -2.60. The molecule has 1 N–H and O–H groups in total. The number of nitrogens with one attached hydrogen (secondary N) is 1. The summed E-state index contributed by atoms with van der Waals surface area (Å²) in [6.07, 6.45) is 0. The zero-order valence-corrected chi connectivity index (χ0v) is 14.2. The summed E-state index contributed by atoms with van der Waals surface area (Å²) in [5.41, 5.74) is 1.97. The third kappa shape index (κ3) is 4.23. The van der Waals surface area contributed by atoms with Gasteiger partial charge in [0.05, 0.1) is 12.3 Å². The van der Waals surface area contributed by atoms with Crippen LogP contribution in [0.25, 0.3) is 0 Å². The van der Waals surface area contributed by atoms with E-state index in [0.29, 0.717) is 12.3 Å². The molecule has 1 heterocycles. The Labute approximate surface area is 145 Å². The minimum absolute atomic E-state index is 0.0573. The summed E-state index contributed by atoms with van der Waals surface area (Å²) in [6, 6.07) is 19.6. The number of hydrogen-bond donors (Lipinski definition) is 1. The molecule has 5 nitrogen and oxygen atoms in total. The molecule has 6 heteroatoms. The largest absolute Gasteiger partial charge is 0.325 e. The molecule has 0 spiro atoms. The van der Waals surface area contributed by atoms with Crippen molar-refractivity contribution in [2.24, 2.45) is 0 Å². The van der Waals surface area contributed by atoms with Gasteiger partial charge >= 0.3 is 0 Å². The smallest absolute Gasteiger partial charge is 0.234 e. The first-order valence-electron chi connectivity index (χ1n) is 7.64. The van der Waals surface area contributed by atoms with Crippen molar-refractivity contribution in [1.82, 2.24) is 14.8 Å². The molecule has 0 atom stereocenters. The second-order valence-electron chi connectivity index (χ2n) is 5.30. The molecule has 0 unspecified atom stereocenters. The van der Waals surface area contributed by atoms with Crippen LogP contribution in [0.15, 0.2) is 65.8 Å². The summed E-state index contributed by atoms with van der Waals surface area (Å²) < 4.78 is 2.02. The lowest BCUT2D eigenvalue weighted by molar-refractivity contribution is -0.113. The Morgan fingerprint density at radius 3 is 2.42 bits per heavy atom. The lowest BCUT2D eigenvalue weighted by Crippen LogP contribution is -2.14. The normalized spacial score (nSPS) is 10.5. The zero-order chi connectivity index (χ0) is 16.8. The van der Waals surface area contributed by atoms with E-state index in [0.717, 1.165) is 16.7 Å². The van der Waals surface area contributed by atoms with Crippen molar-refractivity contribution in [3.8, 4) is 0 Å². The van der Waals surface area contributed by atoms with Crippen molar-refractivity contribution >= 4 is 23.4 Å². The first-order chi connectivity index (χ1) is 11.7. The Morgan fingerprint density at radius 1 is 1.04 bits per heavy atom. The molecule has 0 saturated carbocycles. The maximum absolute atomic E-state index is 12.1. The Balaban J connectivity index is 1.62. The quantitative estimate of drug-likeness (QED) is 0.700. The van der Waals surface area contributed by atoms with Crippen LogP contribution < -0.4 is 5.32 Å². The van der Waals surface area contributed by atoms with Crippen molar-refractivity contribution in [2.45, 2.75) is 18.6 Å². The van der Waals surface area contributed by atoms with E-state index < -0.39 is 0 Å². The monoisotopic (exact) mass is 338 g/mol. The van der Waals surface area contributed by atoms with Gasteiger partial charge in [-0.25, -0.2) is 0 Å². The molecule has 0 saturated heterocycles. The molecule has 1 aromatic heterocycles. The minimum atomic E-state index is -0.0573. The van der Waals surface area contributed by atoms with Gasteiger partial charge in [0.15, 0.2) is 5.16 Å². The fourth-order valence-electron chi connectivity index (χ4n) is 2.26. The van der Waals surface area contributed by atoms with Gasteiger partial charge in [0.1, 0.15) is 5.82 Å². The number of aromatic nitrogens is 3. The summed E-state index contributed by atoms with van der Waals surface area (Å²) in [6.45, 7) is 2.62. The third-order valence-electron chi connectivity index (χ3n) is 3.48. The van der Waals surface area contributed by atoms with Crippen molar-refractivity contribution in [3.63, 3.8) is 0 Å². The number of carbonyl (C=O) groups is 1. The number of aryl methyl sites for hydroxylation is 1. The SMILES string of the molecule is Cc1nnc(SCC(=O)Nc2ccccc2)n1Cc1ccccc1. The molecule has 2 aromatic carbocycles. The predicted molar refractivity (Wildman–Crippen MR) is 96.1 cm³/mol. The number of thioether (sulfide) groups is 1. The van der Waals surface area contributed by atoms with E-state index in [4.69, 9.17) is 0 Å². The lowest BCUT2D eigenvalue weighted by atomic mass is 10.2. The van der Waals surface area contributed by atoms with Crippen LogP contribution in [0.5, 0.6) is 0 Å². The molecular weight excluding hydrogens is 320 g/mol. The minimum Gasteiger partial charge on any atom is -0.325 e. The second-order valence-corrected chi connectivity index (χ2v) is 6.25. The molecule has 0 radical (unpaired) electrons. The molecule has 24 heavy (non-hydrogen) atoms. The van der Waals surface area contributed by atoms with Crippen LogP contribution in [0.3, 0.4) is 0 Å². The molecule has 0 bridgehead atoms. The zero-order valence-electron chi connectivity index (χ0n) is 13.3. The number of amides is 1. The molecule has 122 valence electrons. The van der Waals surface area contributed by atoms with Gasteiger partial charge in [0.2, 0.25) is 5.91 Å². The second kappa shape index (κ2) is 7.79. The highest BCUT2D eigenvalue weighted by Crippen LogP contribution is 2.19. The van der Waals surface area contributed by atoms with Crippen LogP contribution in [0.2, 0.25) is 0 Å². The number of benzene rings is 2. The highest BCUT2D eigenvalue weighted by molar-refractivity contribution is 7.99. The molecule has 0 aliphatic carbocycles. The molecule has 1 amide bonds. The predicted octanol–water partition coefficient (Wildman–Crippen LogP) is 3.37. The maximum Gasteiger partial charge on any atom is 0.234 e. The first kappa shape index (κ1) is 16.3. The summed E-state index contributed by atoms with van der Waals surface area (Å²) >= 11 is 1.39. The van der Waals surface area contributed by atoms with Crippen LogP contribution in [-0.4, -0.2) is 26.4 Å². The number of rotatable bonds is 6. The number of nitrogens with zero attached hydrogens (tertiary/aromatic N) is 3. The van der Waals surface area contributed by atoms with Crippen LogP contribution in [0.1, 0.15) is 11.4 Å². The molecule has 3 aromatic rings. The summed E-state index contributed by atoms with van der Waals surface area (Å²) in [7, 11) is 0. The highest BCUT2D eigenvalue weighted by Gasteiger charge is 2.12. The third-order valence-corrected chi connectivity index (χ3v) is 4.44. The van der Waals surface area contributed by atoms with Crippen LogP contribution in [0, 0.1) is 6.92 Å². The molecule has 3 rings (SSSR count). The average Bonchev–Trinajstić information content (AvgIpc) is 2.95. The van der Waals surface area contributed by atoms with Gasteiger partial charge in [0, 0.05) is 5.69 Å². The van der Waals surface area contributed by atoms with Gasteiger partial charge < -0.3 is 9.88 Å². The van der Waals surface area contributed by atoms with E-state index in [1.54, 1.807) is 0 Å². The average molecular weight is 338 g/mol. The fourth-order valence-corrected chi connectivity index (χ4v) is 3.05. The summed E-state index contributed by atoms with van der Waals surface area (Å²) in [5, 5.41) is 11.9. The van der Waals surface area contributed by atoms with Crippen molar-refractivity contribution in [3.05, 3.63) is 72.1 Å². The van der Waals surface area contributed by atoms with Crippen LogP contribution >= 0.6 is 11.8 Å². The van der Waals surface area contributed by atoms with Gasteiger partial charge in [-0.3, -0.25) is 4.79 Å². The van der Waals surface area contributed by atoms with E-state index in [9.17, 15) is 4.79 Å². The summed E-state index contributed by atoms with van der Waals surface area (Å²) in [5.74, 6) is 1.07. The van der Waals surface area contributed by atoms with E-state index in [1.807, 2.05) is 60.0 Å². The van der Waals surface area contributed by atoms with E-state index >= 15 is 0 Å². The first-order valence-corrected chi connectivity index (χ1v) is 8.62. The van der Waals surface area contributed by atoms with E-state index in [2.05, 4.69) is 27.6 Å². The van der Waals surface area contributed by atoms with E-state index in [1.165, 1.54) is 17.3 Å². The van der Waals surface area contributed by atoms with Gasteiger partial charge in [-0.1, -0.05) is 60.3 Å². The van der Waals surface area contributed by atoms with Crippen molar-refractivity contribution in [1.29, 1.82) is 0 Å². The van der Waals surface area contributed by atoms with Gasteiger partial charge in [-0.2, -0.15) is 0 Å². The standard InChI is InChI=1S/C18H18N4OS/c1-14-20-21-18(22(14)12-15-8-4-2-5-9-15)24-13-17(23)19-16-10-6-3-7-11-16/h2-11H,12-13H2,1H3,(H,19,23). The van der Waals surface area contributed by atoms with Crippen molar-refractivity contribution in [2.75, 3.05) is 11.1 Å². The van der Waals surface area contributed by atoms with Gasteiger partial charge in [0.25, 0.3) is 0 Å².